The first-order chi connectivity index (χ1) is 10.2. The molecule has 0 bridgehead atoms. The second kappa shape index (κ2) is 6.85. The molecule has 0 aromatic heterocycles. The Morgan fingerprint density at radius 2 is 2.00 bits per heavy atom. The molecule has 1 amide bonds. The van der Waals surface area contributed by atoms with Gasteiger partial charge < -0.3 is 10.0 Å². The normalized spacial score (nSPS) is 22.5. The molecule has 122 valence electrons. The second-order valence-electron chi connectivity index (χ2n) is 5.42. The highest BCUT2D eigenvalue weighted by Gasteiger charge is 2.33. The van der Waals surface area contributed by atoms with E-state index in [9.17, 15) is 18.3 Å². The minimum atomic E-state index is -3.59. The maximum absolute atomic E-state index is 11.4. The summed E-state index contributed by atoms with van der Waals surface area (Å²) in [6.07, 6.45) is 0.908. The third-order valence-corrected chi connectivity index (χ3v) is 4.48. The number of hydrogen-bond acceptors (Lipinski definition) is 4. The second-order valence-corrected chi connectivity index (χ2v) is 7.46. The molecular formula is C14H18ClNO5S. The molecule has 1 heterocycles. The van der Waals surface area contributed by atoms with Crippen molar-refractivity contribution in [2.75, 3.05) is 12.8 Å². The lowest BCUT2D eigenvalue weighted by molar-refractivity contribution is 0.0519. The smallest absolute Gasteiger partial charge is 0.407 e. The van der Waals surface area contributed by atoms with Gasteiger partial charge in [-0.15, -0.1) is 0 Å². The molecule has 0 spiro atoms. The predicted octanol–water partition coefficient (Wildman–Crippen LogP) is 2.37. The zero-order valence-corrected chi connectivity index (χ0v) is 13.7. The summed E-state index contributed by atoms with van der Waals surface area (Å²) < 4.78 is 27.3. The topological polar surface area (TPSA) is 83.9 Å². The lowest BCUT2D eigenvalue weighted by Crippen LogP contribution is -2.50. The number of carboxylic acid groups (broad SMARTS) is 1. The van der Waals surface area contributed by atoms with E-state index in [0.717, 1.165) is 11.8 Å². The molecule has 1 aliphatic rings. The molecule has 22 heavy (non-hydrogen) atoms. The minimum Gasteiger partial charge on any atom is -0.465 e. The Bertz CT molecular complexity index is 631. The number of halogens is 1. The van der Waals surface area contributed by atoms with Gasteiger partial charge in [0, 0.05) is 11.1 Å². The fourth-order valence-corrected chi connectivity index (χ4v) is 3.44. The van der Waals surface area contributed by atoms with Crippen LogP contribution in [0.4, 0.5) is 4.79 Å². The molecule has 1 N–H and O–H groups in total. The molecule has 8 heteroatoms. The van der Waals surface area contributed by atoms with Crippen LogP contribution in [0, 0.1) is 0 Å². The van der Waals surface area contributed by atoms with Crippen molar-refractivity contribution < 1.29 is 22.5 Å². The number of hydrogen-bond donors (Lipinski definition) is 1. The monoisotopic (exact) mass is 347 g/mol. The standard InChI is InChI=1S/C14H18ClNO5S/c1-22(19,20)21-13-7-6-12(16(9-13)14(17)18)8-10-2-4-11(15)5-3-10/h2-5,12-13H,6-9H2,1H3,(H,17,18)/t12-,13+/m1/s1. The van der Waals surface area contributed by atoms with Gasteiger partial charge in [0.2, 0.25) is 0 Å². The van der Waals surface area contributed by atoms with Gasteiger partial charge in [0.25, 0.3) is 10.1 Å². The van der Waals surface area contributed by atoms with E-state index < -0.39 is 22.3 Å². The zero-order valence-electron chi connectivity index (χ0n) is 12.1. The third-order valence-electron chi connectivity index (χ3n) is 3.60. The molecule has 0 saturated carbocycles. The van der Waals surface area contributed by atoms with Crippen molar-refractivity contribution >= 4 is 27.8 Å². The van der Waals surface area contributed by atoms with Gasteiger partial charge >= 0.3 is 6.09 Å². The van der Waals surface area contributed by atoms with Crippen LogP contribution >= 0.6 is 11.6 Å². The van der Waals surface area contributed by atoms with Gasteiger partial charge in [-0.3, -0.25) is 4.18 Å². The maximum Gasteiger partial charge on any atom is 0.407 e. The molecule has 0 unspecified atom stereocenters. The van der Waals surface area contributed by atoms with Gasteiger partial charge in [-0.25, -0.2) is 4.79 Å². The van der Waals surface area contributed by atoms with Crippen LogP contribution in [0.5, 0.6) is 0 Å². The van der Waals surface area contributed by atoms with E-state index >= 15 is 0 Å². The van der Waals surface area contributed by atoms with E-state index in [1.807, 2.05) is 12.1 Å². The van der Waals surface area contributed by atoms with Crippen molar-refractivity contribution in [3.8, 4) is 0 Å². The van der Waals surface area contributed by atoms with Gasteiger partial charge in [0.15, 0.2) is 0 Å². The summed E-state index contributed by atoms with van der Waals surface area (Å²) >= 11 is 5.84. The van der Waals surface area contributed by atoms with Crippen molar-refractivity contribution in [1.29, 1.82) is 0 Å². The first kappa shape index (κ1) is 17.1. The first-order valence-corrected chi connectivity index (χ1v) is 9.06. The summed E-state index contributed by atoms with van der Waals surface area (Å²) in [6, 6.07) is 7.06. The summed E-state index contributed by atoms with van der Waals surface area (Å²) in [6.45, 7) is 0.0562. The molecular weight excluding hydrogens is 330 g/mol. The summed E-state index contributed by atoms with van der Waals surface area (Å²) in [5.41, 5.74) is 0.989. The van der Waals surface area contributed by atoms with Crippen LogP contribution in [-0.2, 0) is 20.7 Å². The summed E-state index contributed by atoms with van der Waals surface area (Å²) in [5.74, 6) is 0. The number of benzene rings is 1. The number of likely N-dealkylation sites (tertiary alicyclic amines) is 1. The van der Waals surface area contributed by atoms with Crippen LogP contribution in [0.15, 0.2) is 24.3 Å². The Morgan fingerprint density at radius 1 is 1.36 bits per heavy atom. The molecule has 2 atom stereocenters. The van der Waals surface area contributed by atoms with Gasteiger partial charge in [-0.05, 0) is 37.0 Å². The molecule has 0 aliphatic carbocycles. The Labute approximate surface area is 134 Å². The van der Waals surface area contributed by atoms with Crippen LogP contribution < -0.4 is 0 Å². The molecule has 1 aromatic rings. The van der Waals surface area contributed by atoms with E-state index in [-0.39, 0.29) is 12.6 Å². The highest BCUT2D eigenvalue weighted by Crippen LogP contribution is 2.24. The Balaban J connectivity index is 2.06. The van der Waals surface area contributed by atoms with Gasteiger partial charge in [-0.2, -0.15) is 8.42 Å². The Kier molecular flexibility index (Phi) is 5.31. The van der Waals surface area contributed by atoms with Crippen molar-refractivity contribution in [1.82, 2.24) is 4.90 Å². The van der Waals surface area contributed by atoms with E-state index in [1.54, 1.807) is 12.1 Å². The maximum atomic E-state index is 11.4. The number of nitrogens with zero attached hydrogens (tertiary/aromatic N) is 1. The van der Waals surface area contributed by atoms with Crippen LogP contribution in [-0.4, -0.2) is 49.5 Å². The summed E-state index contributed by atoms with van der Waals surface area (Å²) in [7, 11) is -3.59. The number of amides is 1. The predicted molar refractivity (Wildman–Crippen MR) is 82.6 cm³/mol. The fraction of sp³-hybridized carbons (Fsp3) is 0.500. The first-order valence-electron chi connectivity index (χ1n) is 6.87. The average molecular weight is 348 g/mol. The SMILES string of the molecule is CS(=O)(=O)O[C@H]1CC[C@H](Cc2ccc(Cl)cc2)N(C(=O)O)C1. The Morgan fingerprint density at radius 3 is 2.55 bits per heavy atom. The van der Waals surface area contributed by atoms with Gasteiger partial charge in [0.05, 0.1) is 18.9 Å². The summed E-state index contributed by atoms with van der Waals surface area (Å²) in [5, 5.41) is 9.98. The molecule has 1 aliphatic heterocycles. The van der Waals surface area contributed by atoms with Crippen molar-refractivity contribution in [3.63, 3.8) is 0 Å². The zero-order chi connectivity index (χ0) is 16.3. The molecule has 6 nitrogen and oxygen atoms in total. The summed E-state index contributed by atoms with van der Waals surface area (Å²) in [4.78, 5) is 12.7. The lowest BCUT2D eigenvalue weighted by atomic mass is 9.95. The van der Waals surface area contributed by atoms with Crippen LogP contribution in [0.3, 0.4) is 0 Å². The van der Waals surface area contributed by atoms with Crippen LogP contribution in [0.25, 0.3) is 0 Å². The number of carbonyl (C=O) groups is 1. The van der Waals surface area contributed by atoms with Gasteiger partial charge in [0.1, 0.15) is 0 Å². The van der Waals surface area contributed by atoms with Crippen molar-refractivity contribution in [2.24, 2.45) is 0 Å². The average Bonchev–Trinajstić information content (AvgIpc) is 2.41. The quantitative estimate of drug-likeness (QED) is 0.845. The molecule has 1 saturated heterocycles. The highest BCUT2D eigenvalue weighted by molar-refractivity contribution is 7.86. The fourth-order valence-electron chi connectivity index (χ4n) is 2.66. The Hall–Kier alpha value is -1.31. The van der Waals surface area contributed by atoms with E-state index in [4.69, 9.17) is 15.8 Å². The van der Waals surface area contributed by atoms with Gasteiger partial charge in [-0.1, -0.05) is 23.7 Å². The minimum absolute atomic E-state index is 0.0562. The van der Waals surface area contributed by atoms with E-state index in [0.29, 0.717) is 24.3 Å². The molecule has 1 aromatic carbocycles. The van der Waals surface area contributed by atoms with Crippen molar-refractivity contribution in [3.05, 3.63) is 34.9 Å². The van der Waals surface area contributed by atoms with Crippen LogP contribution in [0.2, 0.25) is 5.02 Å². The van der Waals surface area contributed by atoms with E-state index in [2.05, 4.69) is 0 Å². The van der Waals surface area contributed by atoms with Crippen molar-refractivity contribution in [2.45, 2.75) is 31.4 Å². The molecule has 2 rings (SSSR count). The number of rotatable bonds is 4. The molecule has 0 radical (unpaired) electrons. The largest absolute Gasteiger partial charge is 0.465 e. The molecule has 1 fully saturated rings. The van der Waals surface area contributed by atoms with E-state index in [1.165, 1.54) is 4.90 Å². The lowest BCUT2D eigenvalue weighted by Gasteiger charge is -2.37. The highest BCUT2D eigenvalue weighted by atomic mass is 35.5. The van der Waals surface area contributed by atoms with Crippen LogP contribution in [0.1, 0.15) is 18.4 Å². The third kappa shape index (κ3) is 4.86. The number of piperidine rings is 1.